The van der Waals surface area contributed by atoms with E-state index < -0.39 is 0 Å². The fourth-order valence-corrected chi connectivity index (χ4v) is 4.05. The molecule has 4 nitrogen and oxygen atoms in total. The van der Waals surface area contributed by atoms with Crippen molar-refractivity contribution in [1.82, 2.24) is 0 Å². The Balaban J connectivity index is 1.46. The number of carbonyl (C=O) groups is 1. The first-order valence-corrected chi connectivity index (χ1v) is 11.5. The maximum Gasteiger partial charge on any atom is 0.338 e. The molecule has 1 heterocycles. The number of benzene rings is 2. The molecule has 2 aromatic rings. The van der Waals surface area contributed by atoms with E-state index in [0.717, 1.165) is 44.7 Å². The highest BCUT2D eigenvalue weighted by atomic mass is 16.5. The highest BCUT2D eigenvalue weighted by Crippen LogP contribution is 2.31. The van der Waals surface area contributed by atoms with Gasteiger partial charge in [-0.2, -0.15) is 0 Å². The average molecular weight is 410 g/mol. The molecule has 1 aliphatic heterocycles. The van der Waals surface area contributed by atoms with Crippen LogP contribution >= 0.6 is 0 Å². The van der Waals surface area contributed by atoms with Crippen molar-refractivity contribution in [3.05, 3.63) is 59.7 Å². The summed E-state index contributed by atoms with van der Waals surface area (Å²) >= 11 is 0. The molecular formula is C26H35NO3. The molecule has 0 aromatic heterocycles. The fourth-order valence-electron chi connectivity index (χ4n) is 4.05. The number of ether oxygens (including phenoxy) is 2. The zero-order valence-corrected chi connectivity index (χ0v) is 18.4. The number of hydrogen-bond donors (Lipinski definition) is 0. The second-order valence-corrected chi connectivity index (χ2v) is 8.01. The molecule has 0 atom stereocenters. The molecule has 1 fully saturated rings. The van der Waals surface area contributed by atoms with Gasteiger partial charge in [-0.1, -0.05) is 38.3 Å². The number of piperidine rings is 1. The number of hydrogen-bond acceptors (Lipinski definition) is 4. The summed E-state index contributed by atoms with van der Waals surface area (Å²) < 4.78 is 10.9. The Morgan fingerprint density at radius 3 is 2.27 bits per heavy atom. The van der Waals surface area contributed by atoms with Gasteiger partial charge in [0.2, 0.25) is 0 Å². The van der Waals surface area contributed by atoms with E-state index in [-0.39, 0.29) is 5.97 Å². The molecule has 0 saturated carbocycles. The number of anilines is 1. The topological polar surface area (TPSA) is 38.8 Å². The number of esters is 1. The van der Waals surface area contributed by atoms with Crippen LogP contribution in [-0.2, 0) is 4.74 Å². The van der Waals surface area contributed by atoms with Crippen LogP contribution in [0.3, 0.4) is 0 Å². The fraction of sp³-hybridized carbons (Fsp3) is 0.500. The molecule has 0 N–H and O–H groups in total. The Morgan fingerprint density at radius 1 is 0.933 bits per heavy atom. The van der Waals surface area contributed by atoms with Crippen LogP contribution in [0.2, 0.25) is 0 Å². The molecule has 30 heavy (non-hydrogen) atoms. The van der Waals surface area contributed by atoms with Crippen molar-refractivity contribution in [2.24, 2.45) is 0 Å². The number of nitrogens with zero attached hydrogens (tertiary/aromatic N) is 1. The predicted octanol–water partition coefficient (Wildman–Crippen LogP) is 6.21. The zero-order valence-electron chi connectivity index (χ0n) is 18.4. The lowest BCUT2D eigenvalue weighted by Crippen LogP contribution is -2.32. The summed E-state index contributed by atoms with van der Waals surface area (Å²) in [6, 6.07) is 16.5. The maximum absolute atomic E-state index is 11.8. The normalized spacial score (nSPS) is 14.5. The highest BCUT2D eigenvalue weighted by Gasteiger charge is 2.21. The van der Waals surface area contributed by atoms with Crippen LogP contribution in [0.25, 0.3) is 0 Å². The van der Waals surface area contributed by atoms with Gasteiger partial charge in [-0.05, 0) is 74.1 Å². The summed E-state index contributed by atoms with van der Waals surface area (Å²) in [6.07, 6.45) is 7.20. The number of rotatable bonds is 10. The van der Waals surface area contributed by atoms with E-state index in [1.54, 1.807) is 0 Å². The second-order valence-electron chi connectivity index (χ2n) is 8.01. The van der Waals surface area contributed by atoms with E-state index >= 15 is 0 Å². The quantitative estimate of drug-likeness (QED) is 0.346. The van der Waals surface area contributed by atoms with E-state index in [1.807, 2.05) is 31.2 Å². The molecule has 1 aliphatic rings. The summed E-state index contributed by atoms with van der Waals surface area (Å²) in [4.78, 5) is 14.2. The van der Waals surface area contributed by atoms with Gasteiger partial charge in [0.15, 0.2) is 0 Å². The highest BCUT2D eigenvalue weighted by molar-refractivity contribution is 5.89. The van der Waals surface area contributed by atoms with Gasteiger partial charge in [0, 0.05) is 18.8 Å². The van der Waals surface area contributed by atoms with Gasteiger partial charge in [0.1, 0.15) is 5.75 Å². The molecule has 0 amide bonds. The van der Waals surface area contributed by atoms with Crippen LogP contribution in [0.5, 0.6) is 5.75 Å². The molecule has 1 saturated heterocycles. The van der Waals surface area contributed by atoms with Crippen molar-refractivity contribution in [1.29, 1.82) is 0 Å². The Hall–Kier alpha value is -2.49. The maximum atomic E-state index is 11.8. The largest absolute Gasteiger partial charge is 0.494 e. The third-order valence-electron chi connectivity index (χ3n) is 5.86. The van der Waals surface area contributed by atoms with Gasteiger partial charge in [0.25, 0.3) is 0 Å². The van der Waals surface area contributed by atoms with Gasteiger partial charge in [-0.15, -0.1) is 0 Å². The van der Waals surface area contributed by atoms with Gasteiger partial charge in [-0.3, -0.25) is 0 Å². The van der Waals surface area contributed by atoms with Crippen LogP contribution < -0.4 is 9.64 Å². The third kappa shape index (κ3) is 6.25. The first-order chi connectivity index (χ1) is 14.7. The molecular weight excluding hydrogens is 374 g/mol. The van der Waals surface area contributed by atoms with Crippen LogP contribution in [-0.4, -0.2) is 32.3 Å². The van der Waals surface area contributed by atoms with Crippen molar-refractivity contribution in [3.63, 3.8) is 0 Å². The summed E-state index contributed by atoms with van der Waals surface area (Å²) in [5, 5.41) is 0. The van der Waals surface area contributed by atoms with Crippen LogP contribution in [0.15, 0.2) is 48.5 Å². The molecule has 0 spiro atoms. The number of carbonyl (C=O) groups excluding carboxylic acids is 1. The van der Waals surface area contributed by atoms with E-state index in [1.165, 1.54) is 30.5 Å². The smallest absolute Gasteiger partial charge is 0.338 e. The van der Waals surface area contributed by atoms with Crippen LogP contribution in [0.4, 0.5) is 5.69 Å². The number of unbranched alkanes of at least 4 members (excludes halogenated alkanes) is 3. The van der Waals surface area contributed by atoms with Gasteiger partial charge < -0.3 is 14.4 Å². The van der Waals surface area contributed by atoms with Crippen LogP contribution in [0, 0.1) is 0 Å². The zero-order chi connectivity index (χ0) is 21.2. The average Bonchev–Trinajstić information content (AvgIpc) is 2.80. The van der Waals surface area contributed by atoms with Crippen molar-refractivity contribution < 1.29 is 14.3 Å². The Bertz CT molecular complexity index is 762. The molecule has 162 valence electrons. The molecule has 2 aromatic carbocycles. The summed E-state index contributed by atoms with van der Waals surface area (Å²) in [5.41, 5.74) is 3.20. The SMILES string of the molecule is CCCCCCOc1ccc(C2CCN(c3ccc(C(=O)OCC)cc3)CC2)cc1. The second kappa shape index (κ2) is 11.6. The molecule has 0 bridgehead atoms. The van der Waals surface area contributed by atoms with Crippen molar-refractivity contribution in [2.45, 2.75) is 58.3 Å². The van der Waals surface area contributed by atoms with Crippen molar-refractivity contribution in [3.8, 4) is 5.75 Å². The summed E-state index contributed by atoms with van der Waals surface area (Å²) in [7, 11) is 0. The van der Waals surface area contributed by atoms with Crippen molar-refractivity contribution >= 4 is 11.7 Å². The molecule has 0 aliphatic carbocycles. The Labute approximate surface area is 181 Å². The van der Waals surface area contributed by atoms with E-state index in [9.17, 15) is 4.79 Å². The van der Waals surface area contributed by atoms with Gasteiger partial charge >= 0.3 is 5.97 Å². The Morgan fingerprint density at radius 2 is 1.63 bits per heavy atom. The van der Waals surface area contributed by atoms with E-state index in [4.69, 9.17) is 9.47 Å². The molecule has 0 unspecified atom stereocenters. The van der Waals surface area contributed by atoms with Crippen LogP contribution in [0.1, 0.15) is 74.2 Å². The minimum atomic E-state index is -0.254. The summed E-state index contributed by atoms with van der Waals surface area (Å²) in [6.45, 7) is 7.32. The summed E-state index contributed by atoms with van der Waals surface area (Å²) in [5.74, 6) is 1.32. The standard InChI is InChI=1S/C26H35NO3/c1-3-5-6-7-20-30-25-14-10-21(11-15-25)22-16-18-27(19-17-22)24-12-8-23(9-13-24)26(28)29-4-2/h8-15,22H,3-7,16-20H2,1-2H3. The first kappa shape index (κ1) is 22.2. The lowest BCUT2D eigenvalue weighted by Gasteiger charge is -2.34. The minimum Gasteiger partial charge on any atom is -0.494 e. The molecule has 4 heteroatoms. The van der Waals surface area contributed by atoms with Gasteiger partial charge in [-0.25, -0.2) is 4.79 Å². The lowest BCUT2D eigenvalue weighted by atomic mass is 9.89. The molecule has 0 radical (unpaired) electrons. The Kier molecular flexibility index (Phi) is 8.61. The van der Waals surface area contributed by atoms with E-state index in [2.05, 4.69) is 36.1 Å². The van der Waals surface area contributed by atoms with E-state index in [0.29, 0.717) is 18.1 Å². The minimum absolute atomic E-state index is 0.254. The van der Waals surface area contributed by atoms with Gasteiger partial charge in [0.05, 0.1) is 18.8 Å². The van der Waals surface area contributed by atoms with Crippen molar-refractivity contribution in [2.75, 3.05) is 31.2 Å². The molecule has 3 rings (SSSR count). The lowest BCUT2D eigenvalue weighted by molar-refractivity contribution is 0.0526. The monoisotopic (exact) mass is 409 g/mol. The third-order valence-corrected chi connectivity index (χ3v) is 5.86. The first-order valence-electron chi connectivity index (χ1n) is 11.5. The predicted molar refractivity (Wildman–Crippen MR) is 123 cm³/mol.